The average Bonchev–Trinajstić information content (AvgIpc) is 2.37. The van der Waals surface area contributed by atoms with Crippen LogP contribution in [0.5, 0.6) is 0 Å². The van der Waals surface area contributed by atoms with E-state index >= 15 is 0 Å². The largest absolute Gasteiger partial charge is 0.322 e. The van der Waals surface area contributed by atoms with Gasteiger partial charge in [0, 0.05) is 12.1 Å². The molecule has 0 saturated heterocycles. The van der Waals surface area contributed by atoms with Crippen LogP contribution in [0.3, 0.4) is 0 Å². The van der Waals surface area contributed by atoms with Gasteiger partial charge in [0.15, 0.2) is 0 Å². The van der Waals surface area contributed by atoms with Gasteiger partial charge < -0.3 is 5.32 Å². The Labute approximate surface area is 112 Å². The number of carbonyl (C=O) groups is 1. The number of anilines is 1. The highest BCUT2D eigenvalue weighted by Gasteiger charge is 2.10. The lowest BCUT2D eigenvalue weighted by atomic mass is 10.3. The molecule has 7 heteroatoms. The van der Waals surface area contributed by atoms with E-state index < -0.39 is 23.1 Å². The molecule has 0 bridgehead atoms. The van der Waals surface area contributed by atoms with Gasteiger partial charge in [-0.3, -0.25) is 9.59 Å². The number of hydrogen-bond donors (Lipinski definition) is 1. The minimum Gasteiger partial charge on any atom is -0.322 e. The maximum Gasteiger partial charge on any atom is 0.267 e. The first kappa shape index (κ1) is 13.9. The van der Waals surface area contributed by atoms with E-state index in [1.54, 1.807) is 6.92 Å². The van der Waals surface area contributed by atoms with Gasteiger partial charge in [0.2, 0.25) is 5.91 Å². The molecular formula is C13H11F2N3O2. The summed E-state index contributed by atoms with van der Waals surface area (Å²) in [6.45, 7) is 1.32. The van der Waals surface area contributed by atoms with Crippen molar-refractivity contribution in [2.75, 3.05) is 5.32 Å². The second kappa shape index (κ2) is 5.60. The third-order valence-corrected chi connectivity index (χ3v) is 2.50. The van der Waals surface area contributed by atoms with Gasteiger partial charge in [-0.2, -0.15) is 5.10 Å². The Balaban J connectivity index is 2.13. The number of hydrogen-bond acceptors (Lipinski definition) is 3. The number of benzene rings is 1. The van der Waals surface area contributed by atoms with Crippen LogP contribution in [0.4, 0.5) is 14.5 Å². The third-order valence-electron chi connectivity index (χ3n) is 2.50. The van der Waals surface area contributed by atoms with Crippen molar-refractivity contribution in [2.24, 2.45) is 0 Å². The standard InChI is InChI=1S/C13H11F2N3O2/c1-8-2-5-13(20)18(17-8)7-12(19)16-11-4-3-9(14)6-10(11)15/h2-6H,7H2,1H3,(H,16,19). The van der Waals surface area contributed by atoms with Crippen molar-refractivity contribution in [2.45, 2.75) is 13.5 Å². The number of aromatic nitrogens is 2. The number of halogens is 2. The lowest BCUT2D eigenvalue weighted by Gasteiger charge is -2.07. The van der Waals surface area contributed by atoms with Crippen LogP contribution < -0.4 is 10.9 Å². The fraction of sp³-hybridized carbons (Fsp3) is 0.154. The molecule has 0 saturated carbocycles. The van der Waals surface area contributed by atoms with Crippen LogP contribution in [0.2, 0.25) is 0 Å². The number of carbonyl (C=O) groups excluding carboxylic acids is 1. The highest BCUT2D eigenvalue weighted by Crippen LogP contribution is 2.14. The molecule has 1 aromatic carbocycles. The minimum absolute atomic E-state index is 0.155. The van der Waals surface area contributed by atoms with Crippen LogP contribution in [-0.4, -0.2) is 15.7 Å². The van der Waals surface area contributed by atoms with Crippen molar-refractivity contribution in [1.29, 1.82) is 0 Å². The molecule has 0 atom stereocenters. The van der Waals surface area contributed by atoms with Crippen molar-refractivity contribution in [3.8, 4) is 0 Å². The Kier molecular flexibility index (Phi) is 3.88. The van der Waals surface area contributed by atoms with Crippen molar-refractivity contribution in [1.82, 2.24) is 9.78 Å². The highest BCUT2D eigenvalue weighted by molar-refractivity contribution is 5.90. The molecule has 0 radical (unpaired) electrons. The quantitative estimate of drug-likeness (QED) is 0.925. The number of aryl methyl sites for hydroxylation is 1. The Morgan fingerprint density at radius 1 is 1.30 bits per heavy atom. The summed E-state index contributed by atoms with van der Waals surface area (Å²) in [5.74, 6) is -2.25. The fourth-order valence-electron chi connectivity index (χ4n) is 1.58. The summed E-state index contributed by atoms with van der Waals surface area (Å²) in [7, 11) is 0. The van der Waals surface area contributed by atoms with Gasteiger partial charge >= 0.3 is 0 Å². The van der Waals surface area contributed by atoms with E-state index in [1.165, 1.54) is 12.1 Å². The maximum absolute atomic E-state index is 13.4. The molecule has 5 nitrogen and oxygen atoms in total. The molecule has 0 aliphatic carbocycles. The lowest BCUT2D eigenvalue weighted by molar-refractivity contribution is -0.117. The molecule has 0 fully saturated rings. The molecule has 104 valence electrons. The molecule has 1 N–H and O–H groups in total. The first-order chi connectivity index (χ1) is 9.45. The van der Waals surface area contributed by atoms with Crippen LogP contribution in [0.1, 0.15) is 5.69 Å². The van der Waals surface area contributed by atoms with Crippen molar-refractivity contribution in [3.63, 3.8) is 0 Å². The van der Waals surface area contributed by atoms with Crippen molar-refractivity contribution >= 4 is 11.6 Å². The van der Waals surface area contributed by atoms with E-state index in [4.69, 9.17) is 0 Å². The first-order valence-electron chi connectivity index (χ1n) is 5.75. The van der Waals surface area contributed by atoms with Gasteiger partial charge in [0.25, 0.3) is 5.56 Å². The molecular weight excluding hydrogens is 268 g/mol. The molecule has 1 amide bonds. The van der Waals surface area contributed by atoms with E-state index in [9.17, 15) is 18.4 Å². The van der Waals surface area contributed by atoms with E-state index in [0.717, 1.165) is 16.8 Å². The Morgan fingerprint density at radius 3 is 2.75 bits per heavy atom. The molecule has 0 aliphatic rings. The van der Waals surface area contributed by atoms with Gasteiger partial charge in [-0.1, -0.05) is 0 Å². The average molecular weight is 279 g/mol. The van der Waals surface area contributed by atoms with Crippen LogP contribution in [-0.2, 0) is 11.3 Å². The lowest BCUT2D eigenvalue weighted by Crippen LogP contribution is -2.29. The minimum atomic E-state index is -0.886. The Hall–Kier alpha value is -2.57. The zero-order chi connectivity index (χ0) is 14.7. The second-order valence-corrected chi connectivity index (χ2v) is 4.14. The fourth-order valence-corrected chi connectivity index (χ4v) is 1.58. The topological polar surface area (TPSA) is 64.0 Å². The van der Waals surface area contributed by atoms with E-state index in [-0.39, 0.29) is 12.2 Å². The molecule has 0 unspecified atom stereocenters. The Bertz CT molecular complexity index is 713. The van der Waals surface area contributed by atoms with Gasteiger partial charge in [0.05, 0.1) is 11.4 Å². The normalized spacial score (nSPS) is 10.3. The molecule has 20 heavy (non-hydrogen) atoms. The van der Waals surface area contributed by atoms with E-state index in [1.807, 2.05) is 0 Å². The summed E-state index contributed by atoms with van der Waals surface area (Å²) in [4.78, 5) is 23.2. The molecule has 0 spiro atoms. The van der Waals surface area contributed by atoms with Crippen LogP contribution in [0.25, 0.3) is 0 Å². The summed E-state index contributed by atoms with van der Waals surface area (Å²) in [6, 6.07) is 5.60. The maximum atomic E-state index is 13.4. The van der Waals surface area contributed by atoms with E-state index in [2.05, 4.69) is 10.4 Å². The van der Waals surface area contributed by atoms with Gasteiger partial charge in [-0.25, -0.2) is 13.5 Å². The van der Waals surface area contributed by atoms with Crippen molar-refractivity contribution in [3.05, 3.63) is 58.0 Å². The number of nitrogens with zero attached hydrogens (tertiary/aromatic N) is 2. The van der Waals surface area contributed by atoms with Crippen molar-refractivity contribution < 1.29 is 13.6 Å². The van der Waals surface area contributed by atoms with Crippen LogP contribution in [0.15, 0.2) is 35.1 Å². The first-order valence-corrected chi connectivity index (χ1v) is 5.75. The Morgan fingerprint density at radius 2 is 2.05 bits per heavy atom. The molecule has 0 aliphatic heterocycles. The van der Waals surface area contributed by atoms with Gasteiger partial charge in [-0.05, 0) is 25.1 Å². The van der Waals surface area contributed by atoms with Gasteiger partial charge in [0.1, 0.15) is 18.2 Å². The zero-order valence-corrected chi connectivity index (χ0v) is 10.6. The molecule has 2 rings (SSSR count). The SMILES string of the molecule is Cc1ccc(=O)n(CC(=O)Nc2ccc(F)cc2F)n1. The van der Waals surface area contributed by atoms with Crippen LogP contribution in [0, 0.1) is 18.6 Å². The summed E-state index contributed by atoms with van der Waals surface area (Å²) in [5, 5.41) is 6.13. The summed E-state index contributed by atoms with van der Waals surface area (Å²) in [5.41, 5.74) is -0.0206. The molecule has 1 heterocycles. The van der Waals surface area contributed by atoms with E-state index in [0.29, 0.717) is 11.8 Å². The van der Waals surface area contributed by atoms with Gasteiger partial charge in [-0.15, -0.1) is 0 Å². The monoisotopic (exact) mass is 279 g/mol. The number of amides is 1. The predicted molar refractivity (Wildman–Crippen MR) is 68.2 cm³/mol. The smallest absolute Gasteiger partial charge is 0.267 e. The predicted octanol–water partition coefficient (Wildman–Crippen LogP) is 1.47. The molecule has 2 aromatic rings. The second-order valence-electron chi connectivity index (χ2n) is 4.14. The highest BCUT2D eigenvalue weighted by atomic mass is 19.1. The number of rotatable bonds is 3. The third kappa shape index (κ3) is 3.25. The molecule has 1 aromatic heterocycles. The zero-order valence-electron chi connectivity index (χ0n) is 10.6. The summed E-state index contributed by atoms with van der Waals surface area (Å²) in [6.07, 6.45) is 0. The summed E-state index contributed by atoms with van der Waals surface area (Å²) < 4.78 is 27.0. The number of nitrogens with one attached hydrogen (secondary N) is 1. The summed E-state index contributed by atoms with van der Waals surface area (Å²) >= 11 is 0. The van der Waals surface area contributed by atoms with Crippen LogP contribution >= 0.6 is 0 Å².